The van der Waals surface area contributed by atoms with Crippen LogP contribution in [0.15, 0.2) is 35.2 Å². The largest absolute Gasteiger partial charge is 0.356 e. The Morgan fingerprint density at radius 1 is 1.43 bits per heavy atom. The Hall–Kier alpha value is -1.89. The van der Waals surface area contributed by atoms with Crippen molar-refractivity contribution >= 4 is 27.8 Å². The summed E-state index contributed by atoms with van der Waals surface area (Å²) in [7, 11) is 0. The topological polar surface area (TPSA) is 73.9 Å². The van der Waals surface area contributed by atoms with E-state index >= 15 is 0 Å². The van der Waals surface area contributed by atoms with Gasteiger partial charge < -0.3 is 15.2 Å². The molecule has 3 rings (SSSR count). The standard InChI is InChI=1S/C14H16BrN5O/c15-10-7-12(18-8-10)13(21)19-11-3-1-6-20(9-11)14-16-4-2-5-17-14/h2,4-5,7-8,11,18H,1,3,6,9H2,(H,19,21). The number of nitrogens with one attached hydrogen (secondary N) is 2. The number of carbonyl (C=O) groups excluding carboxylic acids is 1. The Kier molecular flexibility index (Phi) is 4.19. The van der Waals surface area contributed by atoms with Gasteiger partial charge in [0.2, 0.25) is 5.95 Å². The summed E-state index contributed by atoms with van der Waals surface area (Å²) >= 11 is 3.33. The highest BCUT2D eigenvalue weighted by Crippen LogP contribution is 2.16. The normalized spacial score (nSPS) is 18.5. The summed E-state index contributed by atoms with van der Waals surface area (Å²) in [5, 5.41) is 3.06. The zero-order chi connectivity index (χ0) is 14.7. The molecule has 1 aliphatic rings. The second-order valence-electron chi connectivity index (χ2n) is 5.04. The van der Waals surface area contributed by atoms with Gasteiger partial charge in [-0.2, -0.15) is 0 Å². The minimum absolute atomic E-state index is 0.0819. The maximum atomic E-state index is 12.2. The van der Waals surface area contributed by atoms with Gasteiger partial charge in [-0.3, -0.25) is 4.79 Å². The van der Waals surface area contributed by atoms with Gasteiger partial charge in [0, 0.05) is 42.2 Å². The van der Waals surface area contributed by atoms with Crippen LogP contribution in [0.1, 0.15) is 23.3 Å². The second-order valence-corrected chi connectivity index (χ2v) is 5.95. The first kappa shape index (κ1) is 14.1. The summed E-state index contributed by atoms with van der Waals surface area (Å²) in [6.45, 7) is 1.65. The van der Waals surface area contributed by atoms with Crippen molar-refractivity contribution in [2.24, 2.45) is 0 Å². The summed E-state index contributed by atoms with van der Waals surface area (Å²) < 4.78 is 0.871. The molecule has 0 spiro atoms. The van der Waals surface area contributed by atoms with E-state index in [1.165, 1.54) is 0 Å². The van der Waals surface area contributed by atoms with E-state index in [1.807, 2.05) is 0 Å². The maximum absolute atomic E-state index is 12.2. The Balaban J connectivity index is 1.62. The Labute approximate surface area is 131 Å². The highest BCUT2D eigenvalue weighted by atomic mass is 79.9. The van der Waals surface area contributed by atoms with Crippen LogP contribution >= 0.6 is 15.9 Å². The molecule has 2 aromatic heterocycles. The minimum Gasteiger partial charge on any atom is -0.356 e. The van der Waals surface area contributed by atoms with Gasteiger partial charge in [-0.1, -0.05) is 0 Å². The number of amides is 1. The summed E-state index contributed by atoms with van der Waals surface area (Å²) in [4.78, 5) is 25.7. The predicted molar refractivity (Wildman–Crippen MR) is 83.2 cm³/mol. The van der Waals surface area contributed by atoms with Gasteiger partial charge in [0.1, 0.15) is 5.69 Å². The van der Waals surface area contributed by atoms with Gasteiger partial charge in [0.25, 0.3) is 5.91 Å². The maximum Gasteiger partial charge on any atom is 0.268 e. The molecule has 21 heavy (non-hydrogen) atoms. The summed E-state index contributed by atoms with van der Waals surface area (Å²) in [6, 6.07) is 3.68. The number of aromatic nitrogens is 3. The summed E-state index contributed by atoms with van der Waals surface area (Å²) in [6.07, 6.45) is 7.20. The van der Waals surface area contributed by atoms with E-state index < -0.39 is 0 Å². The number of carbonyl (C=O) groups is 1. The van der Waals surface area contributed by atoms with E-state index in [-0.39, 0.29) is 11.9 Å². The Morgan fingerprint density at radius 3 is 2.95 bits per heavy atom. The number of anilines is 1. The average molecular weight is 350 g/mol. The number of aromatic amines is 1. The molecule has 1 unspecified atom stereocenters. The lowest BCUT2D eigenvalue weighted by atomic mass is 10.1. The lowest BCUT2D eigenvalue weighted by molar-refractivity contribution is 0.0928. The number of rotatable bonds is 3. The van der Waals surface area contributed by atoms with Crippen molar-refractivity contribution in [1.82, 2.24) is 20.3 Å². The van der Waals surface area contributed by atoms with Crippen LogP contribution in [-0.2, 0) is 0 Å². The average Bonchev–Trinajstić information content (AvgIpc) is 2.95. The van der Waals surface area contributed by atoms with Gasteiger partial charge >= 0.3 is 0 Å². The van der Waals surface area contributed by atoms with Crippen LogP contribution in [0, 0.1) is 0 Å². The van der Waals surface area contributed by atoms with E-state index in [4.69, 9.17) is 0 Å². The van der Waals surface area contributed by atoms with Gasteiger partial charge in [-0.25, -0.2) is 9.97 Å². The summed E-state index contributed by atoms with van der Waals surface area (Å²) in [5.41, 5.74) is 0.565. The lowest BCUT2D eigenvalue weighted by Crippen LogP contribution is -2.48. The molecule has 1 amide bonds. The number of halogens is 1. The molecule has 0 bridgehead atoms. The van der Waals surface area contributed by atoms with Gasteiger partial charge in [-0.05, 0) is 40.9 Å². The SMILES string of the molecule is O=C(NC1CCCN(c2ncccn2)C1)c1cc(Br)c[nH]1. The lowest BCUT2D eigenvalue weighted by Gasteiger charge is -2.32. The van der Waals surface area contributed by atoms with E-state index in [1.54, 1.807) is 30.7 Å². The molecule has 1 fully saturated rings. The fourth-order valence-corrected chi connectivity index (χ4v) is 2.84. The van der Waals surface area contributed by atoms with E-state index in [9.17, 15) is 4.79 Å². The van der Waals surface area contributed by atoms with Crippen LogP contribution in [0.25, 0.3) is 0 Å². The zero-order valence-electron chi connectivity index (χ0n) is 11.4. The predicted octanol–water partition coefficient (Wildman–Crippen LogP) is 1.97. The number of H-pyrrole nitrogens is 1. The molecule has 0 saturated carbocycles. The third kappa shape index (κ3) is 3.41. The molecule has 2 N–H and O–H groups in total. The quantitative estimate of drug-likeness (QED) is 0.888. The molecule has 0 aromatic carbocycles. The third-order valence-corrected chi connectivity index (χ3v) is 3.94. The molecule has 110 valence electrons. The molecule has 1 aliphatic heterocycles. The van der Waals surface area contributed by atoms with Crippen molar-refractivity contribution in [3.63, 3.8) is 0 Å². The first-order valence-corrected chi connectivity index (χ1v) is 7.68. The fraction of sp³-hybridized carbons (Fsp3) is 0.357. The molecule has 1 saturated heterocycles. The molecule has 0 radical (unpaired) electrons. The van der Waals surface area contributed by atoms with Gasteiger partial charge in [0.15, 0.2) is 0 Å². The molecule has 0 aliphatic carbocycles. The van der Waals surface area contributed by atoms with Crippen LogP contribution in [0.4, 0.5) is 5.95 Å². The van der Waals surface area contributed by atoms with Crippen LogP contribution in [-0.4, -0.2) is 40.0 Å². The summed E-state index contributed by atoms with van der Waals surface area (Å²) in [5.74, 6) is 0.639. The molecule has 1 atom stereocenters. The Bertz CT molecular complexity index is 615. The van der Waals surface area contributed by atoms with E-state index in [0.717, 1.165) is 36.4 Å². The monoisotopic (exact) mass is 349 g/mol. The number of hydrogen-bond acceptors (Lipinski definition) is 4. The van der Waals surface area contributed by atoms with Crippen LogP contribution < -0.4 is 10.2 Å². The molecule has 3 heterocycles. The van der Waals surface area contributed by atoms with E-state index in [2.05, 4.69) is 41.1 Å². The number of nitrogens with zero attached hydrogens (tertiary/aromatic N) is 3. The fourth-order valence-electron chi connectivity index (χ4n) is 2.49. The zero-order valence-corrected chi connectivity index (χ0v) is 13.0. The van der Waals surface area contributed by atoms with Crippen LogP contribution in [0.3, 0.4) is 0 Å². The van der Waals surface area contributed by atoms with Crippen molar-refractivity contribution < 1.29 is 4.79 Å². The molecular weight excluding hydrogens is 334 g/mol. The minimum atomic E-state index is -0.0819. The highest BCUT2D eigenvalue weighted by molar-refractivity contribution is 9.10. The molecule has 6 nitrogen and oxygen atoms in total. The van der Waals surface area contributed by atoms with Crippen LogP contribution in [0.5, 0.6) is 0 Å². The first-order valence-electron chi connectivity index (χ1n) is 6.89. The smallest absolute Gasteiger partial charge is 0.268 e. The third-order valence-electron chi connectivity index (χ3n) is 3.48. The van der Waals surface area contributed by atoms with Gasteiger partial charge in [0.05, 0.1) is 0 Å². The van der Waals surface area contributed by atoms with Crippen molar-refractivity contribution in [2.45, 2.75) is 18.9 Å². The first-order chi connectivity index (χ1) is 10.2. The number of hydrogen-bond donors (Lipinski definition) is 2. The van der Waals surface area contributed by atoms with Crippen molar-refractivity contribution in [1.29, 1.82) is 0 Å². The van der Waals surface area contributed by atoms with Crippen molar-refractivity contribution in [3.05, 3.63) is 40.9 Å². The second kappa shape index (κ2) is 6.26. The molecule has 7 heteroatoms. The molecule has 2 aromatic rings. The van der Waals surface area contributed by atoms with Gasteiger partial charge in [-0.15, -0.1) is 0 Å². The van der Waals surface area contributed by atoms with Crippen molar-refractivity contribution in [3.8, 4) is 0 Å². The Morgan fingerprint density at radius 2 is 2.24 bits per heavy atom. The van der Waals surface area contributed by atoms with Crippen molar-refractivity contribution in [2.75, 3.05) is 18.0 Å². The molecular formula is C14H16BrN5O. The van der Waals surface area contributed by atoms with E-state index in [0.29, 0.717) is 5.69 Å². The van der Waals surface area contributed by atoms with Crippen LogP contribution in [0.2, 0.25) is 0 Å². The highest BCUT2D eigenvalue weighted by Gasteiger charge is 2.23. The number of piperidine rings is 1.